The van der Waals surface area contributed by atoms with Crippen molar-refractivity contribution in [1.82, 2.24) is 0 Å². The predicted octanol–water partition coefficient (Wildman–Crippen LogP) is 1.84. The average Bonchev–Trinajstić information content (AvgIpc) is 2.28. The fourth-order valence-corrected chi connectivity index (χ4v) is 1.93. The van der Waals surface area contributed by atoms with E-state index in [1.54, 1.807) is 0 Å². The Balaban J connectivity index is 2.66. The Bertz CT molecular complexity index is 468. The van der Waals surface area contributed by atoms with E-state index in [9.17, 15) is 0 Å². The normalized spacial score (nSPS) is 19.2. The van der Waals surface area contributed by atoms with Crippen LogP contribution in [0, 0.1) is 0 Å². The molecule has 3 heteroatoms. The fourth-order valence-electron chi connectivity index (χ4n) is 1.93. The van der Waals surface area contributed by atoms with Crippen LogP contribution in [-0.2, 0) is 0 Å². The Morgan fingerprint density at radius 1 is 1.40 bits per heavy atom. The van der Waals surface area contributed by atoms with Gasteiger partial charge in [-0.2, -0.15) is 4.79 Å². The standard InChI is InChI=1S/C12H13N3/c1-2-8-7-9-5-3-4-6-10(9)12(15-14)11(8)13/h3-7,11H,2,13H2,1H3. The van der Waals surface area contributed by atoms with E-state index < -0.39 is 0 Å². The molecule has 76 valence electrons. The molecule has 0 amide bonds. The summed E-state index contributed by atoms with van der Waals surface area (Å²) in [6, 6.07) is 7.53. The van der Waals surface area contributed by atoms with Crippen LogP contribution in [0.4, 0.5) is 0 Å². The van der Waals surface area contributed by atoms with Gasteiger partial charge in [-0.1, -0.05) is 31.2 Å². The molecule has 0 aromatic heterocycles. The van der Waals surface area contributed by atoms with Crippen molar-refractivity contribution in [2.45, 2.75) is 19.4 Å². The molecule has 1 atom stereocenters. The van der Waals surface area contributed by atoms with Crippen molar-refractivity contribution < 1.29 is 4.79 Å². The molecule has 0 radical (unpaired) electrons. The van der Waals surface area contributed by atoms with Crippen molar-refractivity contribution in [1.29, 1.82) is 0 Å². The lowest BCUT2D eigenvalue weighted by Gasteiger charge is -2.17. The van der Waals surface area contributed by atoms with Crippen LogP contribution in [0.25, 0.3) is 11.6 Å². The molecule has 0 saturated heterocycles. The quantitative estimate of drug-likeness (QED) is 0.544. The van der Waals surface area contributed by atoms with E-state index in [2.05, 4.69) is 17.8 Å². The fraction of sp³-hybridized carbons (Fsp3) is 0.250. The third-order valence-corrected chi connectivity index (χ3v) is 2.79. The van der Waals surface area contributed by atoms with Gasteiger partial charge in [0.25, 0.3) is 0 Å². The number of fused-ring (bicyclic) bond motifs is 1. The molecule has 1 aromatic carbocycles. The van der Waals surface area contributed by atoms with Crippen LogP contribution in [0.2, 0.25) is 0 Å². The highest BCUT2D eigenvalue weighted by Gasteiger charge is 2.29. The first-order valence-electron chi connectivity index (χ1n) is 5.05. The van der Waals surface area contributed by atoms with Gasteiger partial charge in [0.05, 0.1) is 5.56 Å². The van der Waals surface area contributed by atoms with E-state index in [4.69, 9.17) is 11.3 Å². The zero-order valence-corrected chi connectivity index (χ0v) is 8.64. The molecule has 3 nitrogen and oxygen atoms in total. The largest absolute Gasteiger partial charge is 0.361 e. The van der Waals surface area contributed by atoms with E-state index in [0.717, 1.165) is 23.1 Å². The van der Waals surface area contributed by atoms with Crippen molar-refractivity contribution in [3.8, 4) is 0 Å². The van der Waals surface area contributed by atoms with Gasteiger partial charge in [0, 0.05) is 0 Å². The smallest absolute Gasteiger partial charge is 0.320 e. The number of hydrogen-bond acceptors (Lipinski definition) is 1. The van der Waals surface area contributed by atoms with E-state index in [0.29, 0.717) is 5.71 Å². The summed E-state index contributed by atoms with van der Waals surface area (Å²) in [5.41, 5.74) is 18.7. The second-order valence-electron chi connectivity index (χ2n) is 3.62. The summed E-state index contributed by atoms with van der Waals surface area (Å²) < 4.78 is 0. The van der Waals surface area contributed by atoms with E-state index >= 15 is 0 Å². The van der Waals surface area contributed by atoms with Gasteiger partial charge in [-0.3, -0.25) is 0 Å². The van der Waals surface area contributed by atoms with Gasteiger partial charge >= 0.3 is 5.71 Å². The summed E-state index contributed by atoms with van der Waals surface area (Å²) in [6.07, 6.45) is 2.95. The van der Waals surface area contributed by atoms with Crippen molar-refractivity contribution in [2.75, 3.05) is 0 Å². The third kappa shape index (κ3) is 1.52. The van der Waals surface area contributed by atoms with Crippen molar-refractivity contribution in [3.63, 3.8) is 0 Å². The van der Waals surface area contributed by atoms with Crippen LogP contribution in [0.1, 0.15) is 24.5 Å². The molecule has 0 saturated carbocycles. The first-order valence-corrected chi connectivity index (χ1v) is 5.05. The Morgan fingerprint density at radius 3 is 2.80 bits per heavy atom. The maximum atomic E-state index is 9.00. The monoisotopic (exact) mass is 199 g/mol. The highest BCUT2D eigenvalue weighted by Crippen LogP contribution is 2.24. The summed E-state index contributed by atoms with van der Waals surface area (Å²) in [6.45, 7) is 2.05. The second-order valence-corrected chi connectivity index (χ2v) is 3.62. The molecule has 0 spiro atoms. The topological polar surface area (TPSA) is 62.4 Å². The molecule has 1 aliphatic rings. The minimum Gasteiger partial charge on any atom is -0.361 e. The Morgan fingerprint density at radius 2 is 2.13 bits per heavy atom. The van der Waals surface area contributed by atoms with E-state index in [1.807, 2.05) is 24.3 Å². The summed E-state index contributed by atoms with van der Waals surface area (Å²) in [4.78, 5) is 3.32. The first-order chi connectivity index (χ1) is 7.27. The predicted molar refractivity (Wildman–Crippen MR) is 60.4 cm³/mol. The van der Waals surface area contributed by atoms with Crippen molar-refractivity contribution in [2.24, 2.45) is 5.73 Å². The van der Waals surface area contributed by atoms with Gasteiger partial charge in [-0.25, -0.2) is 0 Å². The molecule has 0 bridgehead atoms. The third-order valence-electron chi connectivity index (χ3n) is 2.79. The van der Waals surface area contributed by atoms with Gasteiger partial charge in [-0.05, 0) is 23.6 Å². The molecule has 1 aliphatic carbocycles. The summed E-state index contributed by atoms with van der Waals surface area (Å²) >= 11 is 0. The molecule has 15 heavy (non-hydrogen) atoms. The maximum Gasteiger partial charge on any atom is 0.320 e. The molecule has 0 fully saturated rings. The minimum atomic E-state index is -0.283. The summed E-state index contributed by atoms with van der Waals surface area (Å²) in [5, 5.41) is 0. The Kier molecular flexibility index (Phi) is 2.50. The SMILES string of the molecule is CCC1=Cc2ccccc2C(=[N+]=[N-])C1N. The lowest BCUT2D eigenvalue weighted by Crippen LogP contribution is -2.36. The number of hydrogen-bond donors (Lipinski definition) is 1. The minimum absolute atomic E-state index is 0.283. The van der Waals surface area contributed by atoms with Crippen molar-refractivity contribution >= 4 is 11.8 Å². The number of nitrogens with zero attached hydrogens (tertiary/aromatic N) is 2. The summed E-state index contributed by atoms with van der Waals surface area (Å²) in [5.74, 6) is 0. The average molecular weight is 199 g/mol. The summed E-state index contributed by atoms with van der Waals surface area (Å²) in [7, 11) is 0. The molecular weight excluding hydrogens is 186 g/mol. The number of rotatable bonds is 1. The van der Waals surface area contributed by atoms with Gasteiger partial charge in [0.2, 0.25) is 0 Å². The molecule has 0 heterocycles. The van der Waals surface area contributed by atoms with Crippen molar-refractivity contribution in [3.05, 3.63) is 46.5 Å². The zero-order chi connectivity index (χ0) is 10.8. The van der Waals surface area contributed by atoms with Crippen LogP contribution in [0.3, 0.4) is 0 Å². The number of nitrogens with two attached hydrogens (primary N) is 1. The molecule has 2 rings (SSSR count). The highest BCUT2D eigenvalue weighted by atomic mass is 14.9. The maximum absolute atomic E-state index is 9.00. The van der Waals surface area contributed by atoms with Gasteiger partial charge in [-0.15, -0.1) is 0 Å². The molecule has 1 unspecified atom stereocenters. The molecule has 0 aliphatic heterocycles. The van der Waals surface area contributed by atoms with E-state index in [-0.39, 0.29) is 6.04 Å². The van der Waals surface area contributed by atoms with Crippen LogP contribution in [0.15, 0.2) is 29.8 Å². The van der Waals surface area contributed by atoms with Crippen LogP contribution in [0.5, 0.6) is 0 Å². The van der Waals surface area contributed by atoms with Gasteiger partial charge in [0.15, 0.2) is 0 Å². The second kappa shape index (κ2) is 3.81. The van der Waals surface area contributed by atoms with E-state index in [1.165, 1.54) is 0 Å². The first kappa shape index (κ1) is 9.84. The lowest BCUT2D eigenvalue weighted by molar-refractivity contribution is -0.00769. The van der Waals surface area contributed by atoms with Crippen LogP contribution < -0.4 is 5.73 Å². The zero-order valence-electron chi connectivity index (χ0n) is 8.64. The van der Waals surface area contributed by atoms with Gasteiger partial charge in [0.1, 0.15) is 6.04 Å². The number of benzene rings is 1. The molecular formula is C12H13N3. The van der Waals surface area contributed by atoms with Gasteiger partial charge < -0.3 is 11.3 Å². The highest BCUT2D eigenvalue weighted by molar-refractivity contribution is 6.07. The van der Waals surface area contributed by atoms with Crippen LogP contribution in [-0.4, -0.2) is 16.5 Å². The van der Waals surface area contributed by atoms with Crippen LogP contribution >= 0.6 is 0 Å². The Hall–Kier alpha value is -1.70. The molecule has 1 aromatic rings. The lowest BCUT2D eigenvalue weighted by atomic mass is 9.86. The Labute approximate surface area is 88.8 Å². The molecule has 2 N–H and O–H groups in total.